The van der Waals surface area contributed by atoms with Crippen LogP contribution in [0.2, 0.25) is 5.02 Å². The van der Waals surface area contributed by atoms with Crippen molar-refractivity contribution in [3.8, 4) is 18.1 Å². The molecule has 0 atom stereocenters. The Balaban J connectivity index is 1.96. The highest BCUT2D eigenvalue weighted by molar-refractivity contribution is 6.30. The second kappa shape index (κ2) is 14.1. The number of hydrazone groups is 1. The van der Waals surface area contributed by atoms with Gasteiger partial charge in [0.25, 0.3) is 5.91 Å². The van der Waals surface area contributed by atoms with Gasteiger partial charge in [0.15, 0.2) is 0 Å². The van der Waals surface area contributed by atoms with Gasteiger partial charge < -0.3 is 20.0 Å². The molecule has 0 aliphatic carbocycles. The molecule has 1 aromatic heterocycles. The minimum atomic E-state index is -0.708. The van der Waals surface area contributed by atoms with Crippen molar-refractivity contribution in [2.75, 3.05) is 51.6 Å². The number of ether oxygens (including phenoxy) is 1. The van der Waals surface area contributed by atoms with Crippen molar-refractivity contribution in [3.63, 3.8) is 0 Å². The first-order valence-electron chi connectivity index (χ1n) is 12.2. The molecular formula is C29H30ClFN6O3. The zero-order valence-electron chi connectivity index (χ0n) is 22.7. The molecule has 11 heteroatoms. The minimum absolute atomic E-state index is 0.00362. The predicted octanol–water partition coefficient (Wildman–Crippen LogP) is 4.63. The summed E-state index contributed by atoms with van der Waals surface area (Å²) in [4.78, 5) is 32.8. The van der Waals surface area contributed by atoms with Crippen molar-refractivity contribution in [2.24, 2.45) is 5.10 Å². The number of nitrogens with zero attached hydrogens (tertiary/aromatic N) is 5. The van der Waals surface area contributed by atoms with E-state index in [2.05, 4.69) is 26.2 Å². The molecule has 0 saturated carbocycles. The number of amides is 2. The van der Waals surface area contributed by atoms with Crippen LogP contribution in [0.15, 0.2) is 53.8 Å². The molecule has 0 spiro atoms. The number of carbonyl (C=O) groups excluding carboxylic acids is 2. The van der Waals surface area contributed by atoms with Gasteiger partial charge in [0.05, 0.1) is 29.6 Å². The van der Waals surface area contributed by atoms with Gasteiger partial charge in [0.2, 0.25) is 6.41 Å². The Hall–Kier alpha value is -4.46. The number of terminal acetylenes is 1. The van der Waals surface area contributed by atoms with Gasteiger partial charge in [-0.15, -0.1) is 6.42 Å². The minimum Gasteiger partial charge on any atom is -0.494 e. The number of halogens is 2. The van der Waals surface area contributed by atoms with Gasteiger partial charge in [0.1, 0.15) is 23.1 Å². The van der Waals surface area contributed by atoms with Crippen LogP contribution < -0.4 is 15.0 Å². The molecule has 2 amide bonds. The van der Waals surface area contributed by atoms with Crippen molar-refractivity contribution >= 4 is 47.3 Å². The van der Waals surface area contributed by atoms with Gasteiger partial charge in [0, 0.05) is 25.4 Å². The number of nitrogens with one attached hydrogen (secondary N) is 1. The Kier molecular flexibility index (Phi) is 10.6. The predicted molar refractivity (Wildman–Crippen MR) is 156 cm³/mol. The molecule has 2 aromatic carbocycles. The van der Waals surface area contributed by atoms with Gasteiger partial charge in [-0.25, -0.2) is 9.37 Å². The van der Waals surface area contributed by atoms with Crippen LogP contribution in [-0.4, -0.2) is 74.8 Å². The van der Waals surface area contributed by atoms with Crippen molar-refractivity contribution in [2.45, 2.75) is 6.42 Å². The number of hydrogen-bond donors (Lipinski definition) is 1. The van der Waals surface area contributed by atoms with Gasteiger partial charge in [-0.1, -0.05) is 23.6 Å². The summed E-state index contributed by atoms with van der Waals surface area (Å²) in [5.41, 5.74) is 0.691. The third-order valence-electron chi connectivity index (χ3n) is 5.74. The quantitative estimate of drug-likeness (QED) is 0.149. The van der Waals surface area contributed by atoms with Crippen molar-refractivity contribution in [3.05, 3.63) is 76.2 Å². The first kappa shape index (κ1) is 30.1. The third kappa shape index (κ3) is 7.79. The van der Waals surface area contributed by atoms with Crippen LogP contribution in [0.25, 0.3) is 0 Å². The first-order valence-corrected chi connectivity index (χ1v) is 12.6. The number of methoxy groups -OCH3 is 1. The topological polar surface area (TPSA) is 90.4 Å². The van der Waals surface area contributed by atoms with Crippen molar-refractivity contribution in [1.29, 1.82) is 0 Å². The zero-order valence-corrected chi connectivity index (χ0v) is 23.4. The fourth-order valence-electron chi connectivity index (χ4n) is 3.77. The molecule has 3 aromatic rings. The lowest BCUT2D eigenvalue weighted by Gasteiger charge is -2.24. The Bertz CT molecular complexity index is 1420. The van der Waals surface area contributed by atoms with E-state index in [1.807, 2.05) is 21.1 Å². The van der Waals surface area contributed by atoms with E-state index >= 15 is 4.39 Å². The lowest BCUT2D eigenvalue weighted by molar-refractivity contribution is -0.106. The number of aromatic nitrogens is 1. The van der Waals surface area contributed by atoms with Crippen LogP contribution >= 0.6 is 11.6 Å². The SMILES string of the molecule is C#Cc1cc(OC)c(N(C=O)c2ccc(C=NN(C)CCCN(C)C)cc2F)c(C(=O)Nc2ccc(Cl)cn2)c1. The number of carbonyl (C=O) groups is 2. The van der Waals surface area contributed by atoms with Crippen LogP contribution in [0.3, 0.4) is 0 Å². The Morgan fingerprint density at radius 3 is 2.58 bits per heavy atom. The summed E-state index contributed by atoms with van der Waals surface area (Å²) >= 11 is 5.88. The number of anilines is 3. The van der Waals surface area contributed by atoms with E-state index in [1.54, 1.807) is 17.1 Å². The van der Waals surface area contributed by atoms with Crippen LogP contribution in [0.5, 0.6) is 5.75 Å². The zero-order chi connectivity index (χ0) is 29.2. The van der Waals surface area contributed by atoms with Gasteiger partial charge in [-0.3, -0.25) is 14.5 Å². The molecule has 0 aliphatic rings. The molecule has 1 N–H and O–H groups in total. The molecule has 40 heavy (non-hydrogen) atoms. The van der Waals surface area contributed by atoms with Crippen LogP contribution in [0, 0.1) is 18.2 Å². The maximum Gasteiger partial charge on any atom is 0.259 e. The molecule has 9 nitrogen and oxygen atoms in total. The van der Waals surface area contributed by atoms with Crippen molar-refractivity contribution in [1.82, 2.24) is 14.9 Å². The fraction of sp³-hybridized carbons (Fsp3) is 0.241. The molecule has 0 unspecified atom stereocenters. The molecule has 0 fully saturated rings. The summed E-state index contributed by atoms with van der Waals surface area (Å²) in [6, 6.07) is 10.3. The van der Waals surface area contributed by atoms with Crippen LogP contribution in [0.1, 0.15) is 27.9 Å². The lowest BCUT2D eigenvalue weighted by atomic mass is 10.0. The van der Waals surface area contributed by atoms with E-state index in [4.69, 9.17) is 22.8 Å². The van der Waals surface area contributed by atoms with E-state index in [0.29, 0.717) is 22.6 Å². The van der Waals surface area contributed by atoms with Crippen molar-refractivity contribution < 1.29 is 18.7 Å². The monoisotopic (exact) mass is 564 g/mol. The van der Waals surface area contributed by atoms with Gasteiger partial charge in [-0.2, -0.15) is 5.10 Å². The molecule has 1 heterocycles. The number of hydrogen-bond acceptors (Lipinski definition) is 7. The molecule has 0 aliphatic heterocycles. The van der Waals surface area contributed by atoms with Crippen LogP contribution in [-0.2, 0) is 4.79 Å². The summed E-state index contributed by atoms with van der Waals surface area (Å²) in [5, 5.41) is 9.14. The van der Waals surface area contributed by atoms with Gasteiger partial charge >= 0.3 is 0 Å². The standard InChI is InChI=1S/C29H30ClFN6O3/c1-6-20-14-23(29(39)34-27-11-9-22(30)18-32-27)28(26(16-20)40-5)37(19-38)25-10-8-21(15-24(25)31)17-33-36(4)13-7-12-35(2)3/h1,8-11,14-19H,7,12-13H2,2-5H3,(H,32,34,39). The van der Waals surface area contributed by atoms with Crippen LogP contribution in [0.4, 0.5) is 21.6 Å². The number of pyridine rings is 1. The lowest BCUT2D eigenvalue weighted by Crippen LogP contribution is -2.23. The molecule has 3 rings (SSSR count). The average molecular weight is 565 g/mol. The largest absolute Gasteiger partial charge is 0.494 e. The fourth-order valence-corrected chi connectivity index (χ4v) is 3.88. The third-order valence-corrected chi connectivity index (χ3v) is 5.97. The molecule has 208 valence electrons. The Morgan fingerprint density at radius 1 is 1.20 bits per heavy atom. The summed E-state index contributed by atoms with van der Waals surface area (Å²) in [6.07, 6.45) is 9.82. The maximum absolute atomic E-state index is 15.4. The smallest absolute Gasteiger partial charge is 0.259 e. The number of rotatable bonds is 12. The van der Waals surface area contributed by atoms with E-state index < -0.39 is 11.7 Å². The van der Waals surface area contributed by atoms with E-state index in [9.17, 15) is 9.59 Å². The van der Waals surface area contributed by atoms with E-state index in [0.717, 1.165) is 24.4 Å². The highest BCUT2D eigenvalue weighted by Crippen LogP contribution is 2.38. The maximum atomic E-state index is 15.4. The average Bonchev–Trinajstić information content (AvgIpc) is 2.94. The Labute approximate surface area is 238 Å². The summed E-state index contributed by atoms with van der Waals surface area (Å²) in [7, 11) is 7.20. The second-order valence-electron chi connectivity index (χ2n) is 9.00. The molecular weight excluding hydrogens is 535 g/mol. The van der Waals surface area contributed by atoms with Gasteiger partial charge in [-0.05, 0) is 69.0 Å². The van der Waals surface area contributed by atoms with E-state index in [-0.39, 0.29) is 28.5 Å². The molecule has 0 saturated heterocycles. The number of benzene rings is 2. The highest BCUT2D eigenvalue weighted by Gasteiger charge is 2.26. The molecule has 0 radical (unpaired) electrons. The highest BCUT2D eigenvalue weighted by atomic mass is 35.5. The molecule has 0 bridgehead atoms. The normalized spacial score (nSPS) is 10.8. The summed E-state index contributed by atoms with van der Waals surface area (Å²) in [6.45, 7) is 1.66. The summed E-state index contributed by atoms with van der Waals surface area (Å²) < 4.78 is 20.9. The van der Waals surface area contributed by atoms with E-state index in [1.165, 1.54) is 49.9 Å². The first-order chi connectivity index (χ1) is 19.2. The Morgan fingerprint density at radius 2 is 1.98 bits per heavy atom. The second-order valence-corrected chi connectivity index (χ2v) is 9.44. The summed E-state index contributed by atoms with van der Waals surface area (Å²) in [5.74, 6) is 1.42.